The number of anilines is 1. The topological polar surface area (TPSA) is 50.3 Å². The molecule has 0 amide bonds. The molecule has 8 heteroatoms. The number of piperidine rings is 1. The quantitative estimate of drug-likeness (QED) is 0.806. The van der Waals surface area contributed by atoms with Crippen molar-refractivity contribution in [2.45, 2.75) is 44.1 Å². The van der Waals surface area contributed by atoms with E-state index in [-0.39, 0.29) is 11.8 Å². The molecule has 2 aromatic rings. The van der Waals surface area contributed by atoms with Crippen LogP contribution in [0.2, 0.25) is 0 Å². The lowest BCUT2D eigenvalue weighted by Gasteiger charge is -2.35. The van der Waals surface area contributed by atoms with E-state index >= 15 is 0 Å². The number of nitrogens with zero attached hydrogens (tertiary/aromatic N) is 3. The van der Waals surface area contributed by atoms with Crippen LogP contribution in [-0.4, -0.2) is 40.6 Å². The SMILES string of the molecule is CNc1ncc(CN2C3CCC(C3)[C@@H]2COc2cccc(C(F)(F)F)c2)cn1. The molecular formula is C20H23F3N4O. The summed E-state index contributed by atoms with van der Waals surface area (Å²) in [6.07, 6.45) is 2.68. The second kappa shape index (κ2) is 7.58. The van der Waals surface area contributed by atoms with Gasteiger partial charge in [0, 0.05) is 43.6 Å². The van der Waals surface area contributed by atoms with Crippen LogP contribution in [0.4, 0.5) is 19.1 Å². The fourth-order valence-corrected chi connectivity index (χ4v) is 4.38. The molecular weight excluding hydrogens is 369 g/mol. The number of nitrogens with one attached hydrogen (secondary N) is 1. The third kappa shape index (κ3) is 3.92. The minimum atomic E-state index is -4.36. The zero-order chi connectivity index (χ0) is 19.7. The van der Waals surface area contributed by atoms with Crippen molar-refractivity contribution < 1.29 is 17.9 Å². The van der Waals surface area contributed by atoms with E-state index in [0.717, 1.165) is 43.5 Å². The molecule has 2 heterocycles. The molecule has 4 rings (SSSR count). The summed E-state index contributed by atoms with van der Waals surface area (Å²) >= 11 is 0. The van der Waals surface area contributed by atoms with Crippen molar-refractivity contribution in [3.63, 3.8) is 0 Å². The molecule has 3 atom stereocenters. The number of hydrogen-bond acceptors (Lipinski definition) is 5. The monoisotopic (exact) mass is 392 g/mol. The van der Waals surface area contributed by atoms with E-state index in [9.17, 15) is 13.2 Å². The van der Waals surface area contributed by atoms with Gasteiger partial charge in [0.2, 0.25) is 5.95 Å². The number of alkyl halides is 3. The lowest BCUT2D eigenvalue weighted by Crippen LogP contribution is -2.43. The number of hydrogen-bond donors (Lipinski definition) is 1. The van der Waals surface area contributed by atoms with E-state index in [1.807, 2.05) is 12.4 Å². The van der Waals surface area contributed by atoms with Gasteiger partial charge in [-0.2, -0.15) is 13.2 Å². The average Bonchev–Trinajstić information content (AvgIpc) is 3.28. The number of fused-ring (bicyclic) bond motifs is 2. The number of aromatic nitrogens is 2. The number of ether oxygens (including phenoxy) is 1. The Morgan fingerprint density at radius 2 is 2.00 bits per heavy atom. The minimum Gasteiger partial charge on any atom is -0.492 e. The van der Waals surface area contributed by atoms with Gasteiger partial charge >= 0.3 is 6.18 Å². The van der Waals surface area contributed by atoms with Crippen LogP contribution in [0.1, 0.15) is 30.4 Å². The Hall–Kier alpha value is -2.35. The fourth-order valence-electron chi connectivity index (χ4n) is 4.38. The Labute approximate surface area is 161 Å². The first kappa shape index (κ1) is 19.0. The molecule has 2 bridgehead atoms. The molecule has 2 unspecified atom stereocenters. The zero-order valence-corrected chi connectivity index (χ0v) is 15.6. The maximum atomic E-state index is 12.9. The molecule has 1 aliphatic heterocycles. The lowest BCUT2D eigenvalue weighted by atomic mass is 9.99. The summed E-state index contributed by atoms with van der Waals surface area (Å²) < 4.78 is 44.5. The van der Waals surface area contributed by atoms with Crippen LogP contribution < -0.4 is 10.1 Å². The molecule has 1 aromatic carbocycles. The molecule has 0 spiro atoms. The van der Waals surface area contributed by atoms with Crippen LogP contribution in [-0.2, 0) is 12.7 Å². The summed E-state index contributed by atoms with van der Waals surface area (Å²) in [6.45, 7) is 1.11. The smallest absolute Gasteiger partial charge is 0.416 e. The molecule has 1 saturated carbocycles. The molecule has 5 nitrogen and oxygen atoms in total. The first-order valence-corrected chi connectivity index (χ1v) is 9.48. The third-order valence-corrected chi connectivity index (χ3v) is 5.76. The lowest BCUT2D eigenvalue weighted by molar-refractivity contribution is -0.137. The highest BCUT2D eigenvalue weighted by molar-refractivity contribution is 5.30. The van der Waals surface area contributed by atoms with Gasteiger partial charge in [-0.1, -0.05) is 6.07 Å². The van der Waals surface area contributed by atoms with Gasteiger partial charge in [0.1, 0.15) is 12.4 Å². The summed E-state index contributed by atoms with van der Waals surface area (Å²) in [5.41, 5.74) is 0.340. The van der Waals surface area contributed by atoms with Crippen LogP contribution in [0.15, 0.2) is 36.7 Å². The van der Waals surface area contributed by atoms with Gasteiger partial charge in [-0.25, -0.2) is 9.97 Å². The number of benzene rings is 1. The third-order valence-electron chi connectivity index (χ3n) is 5.76. The predicted molar refractivity (Wildman–Crippen MR) is 99.0 cm³/mol. The van der Waals surface area contributed by atoms with Gasteiger partial charge in [0.25, 0.3) is 0 Å². The van der Waals surface area contributed by atoms with Crippen molar-refractivity contribution in [2.75, 3.05) is 19.0 Å². The summed E-state index contributed by atoms with van der Waals surface area (Å²) in [4.78, 5) is 10.9. The van der Waals surface area contributed by atoms with E-state index in [1.54, 1.807) is 13.1 Å². The van der Waals surface area contributed by atoms with Crippen LogP contribution in [0.25, 0.3) is 0 Å². The zero-order valence-electron chi connectivity index (χ0n) is 15.6. The number of likely N-dealkylation sites (tertiary alicyclic amines) is 1. The van der Waals surface area contributed by atoms with Crippen LogP contribution in [0.5, 0.6) is 5.75 Å². The van der Waals surface area contributed by atoms with E-state index in [1.165, 1.54) is 6.07 Å². The largest absolute Gasteiger partial charge is 0.492 e. The van der Waals surface area contributed by atoms with Crippen molar-refractivity contribution in [1.82, 2.24) is 14.9 Å². The van der Waals surface area contributed by atoms with Crippen LogP contribution in [0, 0.1) is 5.92 Å². The summed E-state index contributed by atoms with van der Waals surface area (Å²) in [7, 11) is 1.77. The average molecular weight is 392 g/mol. The molecule has 28 heavy (non-hydrogen) atoms. The first-order chi connectivity index (χ1) is 13.4. The molecule has 1 saturated heterocycles. The van der Waals surface area contributed by atoms with Crippen molar-refractivity contribution >= 4 is 5.95 Å². The van der Waals surface area contributed by atoms with Gasteiger partial charge in [-0.3, -0.25) is 4.90 Å². The highest BCUT2D eigenvalue weighted by Crippen LogP contribution is 2.43. The van der Waals surface area contributed by atoms with E-state index < -0.39 is 11.7 Å². The Kier molecular flexibility index (Phi) is 5.14. The summed E-state index contributed by atoms with van der Waals surface area (Å²) in [6, 6.07) is 5.78. The van der Waals surface area contributed by atoms with E-state index in [2.05, 4.69) is 20.2 Å². The van der Waals surface area contributed by atoms with Gasteiger partial charge in [0.05, 0.1) is 5.56 Å². The Morgan fingerprint density at radius 3 is 2.71 bits per heavy atom. The van der Waals surface area contributed by atoms with Crippen molar-refractivity contribution in [2.24, 2.45) is 5.92 Å². The molecule has 1 aliphatic carbocycles. The predicted octanol–water partition coefficient (Wildman–Crippen LogP) is 3.97. The van der Waals surface area contributed by atoms with Crippen LogP contribution >= 0.6 is 0 Å². The standard InChI is InChI=1S/C20H23F3N4O/c1-24-19-25-9-13(10-26-19)11-27-16-6-5-14(7-16)18(27)12-28-17-4-2-3-15(8-17)20(21,22)23/h2-4,8-10,14,16,18H,5-7,11-12H2,1H3,(H,24,25,26)/t14?,16?,18-/m0/s1. The summed E-state index contributed by atoms with van der Waals surface area (Å²) in [5, 5.41) is 2.90. The maximum Gasteiger partial charge on any atom is 0.416 e. The van der Waals surface area contributed by atoms with Gasteiger partial charge in [-0.15, -0.1) is 0 Å². The molecule has 0 radical (unpaired) electrons. The normalized spacial score (nSPS) is 24.5. The molecule has 2 aliphatic rings. The van der Waals surface area contributed by atoms with E-state index in [4.69, 9.17) is 4.74 Å². The Balaban J connectivity index is 1.44. The molecule has 1 N–H and O–H groups in total. The van der Waals surface area contributed by atoms with Crippen molar-refractivity contribution in [1.29, 1.82) is 0 Å². The maximum absolute atomic E-state index is 12.9. The molecule has 150 valence electrons. The minimum absolute atomic E-state index is 0.192. The Bertz CT molecular complexity index is 812. The van der Waals surface area contributed by atoms with Crippen molar-refractivity contribution in [3.05, 3.63) is 47.8 Å². The van der Waals surface area contributed by atoms with Gasteiger partial charge in [-0.05, 0) is 43.4 Å². The highest BCUT2D eigenvalue weighted by atomic mass is 19.4. The number of halogens is 3. The van der Waals surface area contributed by atoms with E-state index in [0.29, 0.717) is 24.5 Å². The first-order valence-electron chi connectivity index (χ1n) is 9.48. The van der Waals surface area contributed by atoms with Gasteiger partial charge in [0.15, 0.2) is 0 Å². The second-order valence-corrected chi connectivity index (χ2v) is 7.47. The number of rotatable bonds is 6. The molecule has 1 aromatic heterocycles. The molecule has 2 fully saturated rings. The van der Waals surface area contributed by atoms with Gasteiger partial charge < -0.3 is 10.1 Å². The van der Waals surface area contributed by atoms with Crippen molar-refractivity contribution in [3.8, 4) is 5.75 Å². The summed E-state index contributed by atoms with van der Waals surface area (Å²) in [5.74, 6) is 1.36. The fraction of sp³-hybridized carbons (Fsp3) is 0.500. The highest BCUT2D eigenvalue weighted by Gasteiger charge is 2.46. The van der Waals surface area contributed by atoms with Crippen LogP contribution in [0.3, 0.4) is 0 Å². The Morgan fingerprint density at radius 1 is 1.21 bits per heavy atom. The second-order valence-electron chi connectivity index (χ2n) is 7.47.